The first-order chi connectivity index (χ1) is 17.6. The molecule has 3 heterocycles. The fourth-order valence-electron chi connectivity index (χ4n) is 3.35. The van der Waals surface area contributed by atoms with Gasteiger partial charge in [-0.1, -0.05) is 19.6 Å². The molecule has 0 saturated heterocycles. The van der Waals surface area contributed by atoms with Crippen LogP contribution in [0.3, 0.4) is 0 Å². The van der Waals surface area contributed by atoms with Gasteiger partial charge in [-0.15, -0.1) is 0 Å². The predicted octanol–water partition coefficient (Wildman–Crippen LogP) is 3.36. The smallest absolute Gasteiger partial charge is 0.290 e. The number of ether oxygens (including phenoxy) is 3. The number of hydrogen-bond donors (Lipinski definition) is 2. The maximum Gasteiger partial charge on any atom is 0.290 e. The minimum Gasteiger partial charge on any atom is -0.479 e. The topological polar surface area (TPSA) is 124 Å². The van der Waals surface area contributed by atoms with Crippen molar-refractivity contribution >= 4 is 30.8 Å². The van der Waals surface area contributed by atoms with E-state index in [9.17, 15) is 4.79 Å². The number of hydrogen-bond acceptors (Lipinski definition) is 10. The first-order valence-corrected chi connectivity index (χ1v) is 15.5. The number of aromatic nitrogens is 3. The molecule has 1 amide bonds. The van der Waals surface area contributed by atoms with Crippen LogP contribution in [0, 0.1) is 0 Å². The van der Waals surface area contributed by atoms with E-state index >= 15 is 0 Å². The van der Waals surface area contributed by atoms with Gasteiger partial charge in [0.1, 0.15) is 11.5 Å². The zero-order valence-electron chi connectivity index (χ0n) is 22.5. The van der Waals surface area contributed by atoms with E-state index in [0.29, 0.717) is 24.0 Å². The molecule has 3 aromatic rings. The highest BCUT2D eigenvalue weighted by atomic mass is 28.3. The predicted molar refractivity (Wildman–Crippen MR) is 145 cm³/mol. The SMILES string of the molecule is COc1nc(NCCCN(C)C)nc(OC)c1NC(=O)Cc1ccc(Oc2cncc([Si](C)(C)C)c2)o1. The molecule has 0 radical (unpaired) electrons. The number of carbonyl (C=O) groups is 1. The Hall–Kier alpha value is -3.64. The molecule has 0 atom stereocenters. The van der Waals surface area contributed by atoms with Gasteiger partial charge in [0.25, 0.3) is 5.95 Å². The summed E-state index contributed by atoms with van der Waals surface area (Å²) in [5.74, 6) is 1.68. The summed E-state index contributed by atoms with van der Waals surface area (Å²) in [5, 5.41) is 7.10. The van der Waals surface area contributed by atoms with Crippen LogP contribution in [0.25, 0.3) is 0 Å². The number of nitrogens with one attached hydrogen (secondary N) is 2. The second-order valence-electron chi connectivity index (χ2n) is 9.73. The monoisotopic (exact) mass is 528 g/mol. The van der Waals surface area contributed by atoms with E-state index in [1.54, 1.807) is 18.3 Å². The molecule has 0 aliphatic heterocycles. The molecule has 200 valence electrons. The Morgan fingerprint density at radius 1 is 1.08 bits per heavy atom. The summed E-state index contributed by atoms with van der Waals surface area (Å²) < 4.78 is 22.3. The van der Waals surface area contributed by atoms with Crippen molar-refractivity contribution in [3.63, 3.8) is 0 Å². The lowest BCUT2D eigenvalue weighted by atomic mass is 10.3. The molecule has 3 aromatic heterocycles. The zero-order valence-corrected chi connectivity index (χ0v) is 23.5. The number of carbonyl (C=O) groups excluding carboxylic acids is 1. The van der Waals surface area contributed by atoms with E-state index < -0.39 is 8.07 Å². The Morgan fingerprint density at radius 3 is 2.41 bits per heavy atom. The molecule has 37 heavy (non-hydrogen) atoms. The average molecular weight is 529 g/mol. The fourth-order valence-corrected chi connectivity index (χ4v) is 4.39. The van der Waals surface area contributed by atoms with Gasteiger partial charge in [0.15, 0.2) is 5.69 Å². The number of rotatable bonds is 13. The molecule has 0 fully saturated rings. The van der Waals surface area contributed by atoms with Crippen LogP contribution in [0.15, 0.2) is 35.0 Å². The highest BCUT2D eigenvalue weighted by molar-refractivity contribution is 6.88. The molecule has 2 N–H and O–H groups in total. The molecule has 12 heteroatoms. The normalized spacial score (nSPS) is 11.4. The Bertz CT molecular complexity index is 1170. The molecule has 0 saturated carbocycles. The largest absolute Gasteiger partial charge is 0.479 e. The van der Waals surface area contributed by atoms with E-state index in [2.05, 4.69) is 50.1 Å². The molecule has 0 bridgehead atoms. The van der Waals surface area contributed by atoms with Crippen LogP contribution in [0.4, 0.5) is 11.6 Å². The van der Waals surface area contributed by atoms with E-state index in [0.717, 1.165) is 13.0 Å². The summed E-state index contributed by atoms with van der Waals surface area (Å²) in [6, 6.07) is 5.34. The molecule has 0 aromatic carbocycles. The van der Waals surface area contributed by atoms with Gasteiger partial charge in [0, 0.05) is 18.8 Å². The van der Waals surface area contributed by atoms with Crippen molar-refractivity contribution in [3.8, 4) is 23.5 Å². The fraction of sp³-hybridized carbons (Fsp3) is 0.440. The van der Waals surface area contributed by atoms with Crippen LogP contribution in [-0.2, 0) is 11.2 Å². The molecule has 11 nitrogen and oxygen atoms in total. The van der Waals surface area contributed by atoms with E-state index in [1.165, 1.54) is 19.4 Å². The van der Waals surface area contributed by atoms with Crippen LogP contribution in [0.1, 0.15) is 12.2 Å². The van der Waals surface area contributed by atoms with E-state index in [1.807, 2.05) is 26.4 Å². The van der Waals surface area contributed by atoms with Crippen LogP contribution >= 0.6 is 0 Å². The van der Waals surface area contributed by atoms with Gasteiger partial charge in [-0.2, -0.15) is 9.97 Å². The van der Waals surface area contributed by atoms with E-state index in [-0.39, 0.29) is 35.7 Å². The second-order valence-corrected chi connectivity index (χ2v) is 14.8. The van der Waals surface area contributed by atoms with Gasteiger partial charge < -0.3 is 34.2 Å². The van der Waals surface area contributed by atoms with Crippen molar-refractivity contribution in [3.05, 3.63) is 36.4 Å². The Kier molecular flexibility index (Phi) is 9.47. The van der Waals surface area contributed by atoms with Gasteiger partial charge in [0.05, 0.1) is 34.9 Å². The number of nitrogens with zero attached hydrogens (tertiary/aromatic N) is 4. The summed E-state index contributed by atoms with van der Waals surface area (Å²) in [6.07, 6.45) is 4.39. The van der Waals surface area contributed by atoms with Crippen molar-refractivity contribution in [1.82, 2.24) is 19.9 Å². The van der Waals surface area contributed by atoms with Crippen LogP contribution in [0.2, 0.25) is 19.6 Å². The van der Waals surface area contributed by atoms with E-state index in [4.69, 9.17) is 18.6 Å². The Labute approximate surface area is 218 Å². The molecule has 3 rings (SSSR count). The Balaban J connectivity index is 1.64. The lowest BCUT2D eigenvalue weighted by Crippen LogP contribution is -2.37. The lowest BCUT2D eigenvalue weighted by molar-refractivity contribution is -0.115. The molecule has 0 spiro atoms. The van der Waals surface area contributed by atoms with Crippen molar-refractivity contribution in [2.45, 2.75) is 32.5 Å². The summed E-state index contributed by atoms with van der Waals surface area (Å²) >= 11 is 0. The highest BCUT2D eigenvalue weighted by Gasteiger charge is 2.20. The van der Waals surface area contributed by atoms with Crippen LogP contribution < -0.4 is 30.0 Å². The standard InChI is InChI=1S/C25H36N6O5Si/c1-31(2)12-8-11-27-25-29-23(33-3)22(24(30-25)34-4)28-20(32)14-17-9-10-21(35-17)36-18-13-19(16-26-15-18)37(5,6)7/h9-10,13,15-16H,8,11-12,14H2,1-7H3,(H,28,32)(H,27,29,30). The minimum absolute atomic E-state index is 0.0343. The summed E-state index contributed by atoms with van der Waals surface area (Å²) in [7, 11) is 5.43. The first-order valence-electron chi connectivity index (χ1n) is 12.0. The van der Waals surface area contributed by atoms with Crippen molar-refractivity contribution < 1.29 is 23.4 Å². The number of pyridine rings is 1. The molecule has 0 unspecified atom stereocenters. The lowest BCUT2D eigenvalue weighted by Gasteiger charge is -2.16. The highest BCUT2D eigenvalue weighted by Crippen LogP contribution is 2.33. The number of methoxy groups -OCH3 is 2. The minimum atomic E-state index is -1.53. The third-order valence-electron chi connectivity index (χ3n) is 5.33. The van der Waals surface area contributed by atoms with Crippen molar-refractivity contribution in [2.75, 3.05) is 52.0 Å². The Morgan fingerprint density at radius 2 is 1.78 bits per heavy atom. The maximum atomic E-state index is 12.8. The third-order valence-corrected chi connectivity index (χ3v) is 7.33. The number of furan rings is 1. The van der Waals surface area contributed by atoms with Gasteiger partial charge in [0.2, 0.25) is 23.6 Å². The maximum absolute atomic E-state index is 12.8. The van der Waals surface area contributed by atoms with Crippen LogP contribution in [0.5, 0.6) is 23.5 Å². The van der Waals surface area contributed by atoms with Crippen molar-refractivity contribution in [2.24, 2.45) is 0 Å². The number of anilines is 2. The average Bonchev–Trinajstić information content (AvgIpc) is 3.28. The quantitative estimate of drug-likeness (QED) is 0.252. The van der Waals surface area contributed by atoms with Crippen molar-refractivity contribution in [1.29, 1.82) is 0 Å². The zero-order chi connectivity index (χ0) is 27.0. The summed E-state index contributed by atoms with van der Waals surface area (Å²) in [5.41, 5.74) is 0.242. The van der Waals surface area contributed by atoms with Gasteiger partial charge in [-0.3, -0.25) is 9.78 Å². The molecule has 0 aliphatic carbocycles. The third kappa shape index (κ3) is 8.19. The molecular formula is C25H36N6O5Si. The summed E-state index contributed by atoms with van der Waals surface area (Å²) in [4.78, 5) is 27.9. The molecule has 0 aliphatic rings. The first kappa shape index (κ1) is 27.9. The van der Waals surface area contributed by atoms with Gasteiger partial charge >= 0.3 is 0 Å². The number of amides is 1. The molecular weight excluding hydrogens is 492 g/mol. The second kappa shape index (κ2) is 12.5. The van der Waals surface area contributed by atoms with Gasteiger partial charge in [-0.25, -0.2) is 0 Å². The summed E-state index contributed by atoms with van der Waals surface area (Å²) in [6.45, 7) is 8.32. The van der Waals surface area contributed by atoms with Crippen LogP contribution in [-0.4, -0.2) is 75.2 Å². The van der Waals surface area contributed by atoms with Gasteiger partial charge in [-0.05, 0) is 44.4 Å².